The summed E-state index contributed by atoms with van der Waals surface area (Å²) >= 11 is 6.75. The predicted octanol–water partition coefficient (Wildman–Crippen LogP) is 4.94. The van der Waals surface area contributed by atoms with Gasteiger partial charge in [-0.3, -0.25) is 0 Å². The topological polar surface area (TPSA) is 9.23 Å². The highest BCUT2D eigenvalue weighted by Crippen LogP contribution is 2.55. The van der Waals surface area contributed by atoms with Crippen molar-refractivity contribution in [2.45, 2.75) is 30.9 Å². The summed E-state index contributed by atoms with van der Waals surface area (Å²) in [6.45, 7) is 0.630. The lowest BCUT2D eigenvalue weighted by Crippen LogP contribution is -2.62. The van der Waals surface area contributed by atoms with Crippen LogP contribution in [-0.2, 0) is 4.74 Å². The largest absolute Gasteiger partial charge is 0.425 e. The zero-order valence-electron chi connectivity index (χ0n) is 8.22. The molecule has 0 aliphatic carbocycles. The molecule has 0 saturated carbocycles. The summed E-state index contributed by atoms with van der Waals surface area (Å²) in [4.78, 5) is 0. The van der Waals surface area contributed by atoms with Crippen molar-refractivity contribution < 1.29 is 31.1 Å². The summed E-state index contributed by atoms with van der Waals surface area (Å²) in [6, 6.07) is 0. The van der Waals surface area contributed by atoms with Gasteiger partial charge in [0.2, 0.25) is 0 Å². The first-order valence-electron chi connectivity index (χ1n) is 4.15. The van der Waals surface area contributed by atoms with E-state index < -0.39 is 28.1 Å². The number of rotatable bonds is 6. The fourth-order valence-electron chi connectivity index (χ4n) is 0.682. The highest BCUT2D eigenvalue weighted by atomic mass is 80.0. The van der Waals surface area contributed by atoms with Gasteiger partial charge in [0.25, 0.3) is 0 Å². The van der Waals surface area contributed by atoms with E-state index in [0.29, 0.717) is 0 Å². The Morgan fingerprint density at radius 2 is 1.41 bits per heavy atom. The average Bonchev–Trinajstić information content (AvgIpc) is 2.12. The Labute approximate surface area is 118 Å². The molecule has 0 aromatic rings. The second-order valence-corrected chi connectivity index (χ2v) is 24.9. The molecule has 0 spiro atoms. The van der Waals surface area contributed by atoms with E-state index in [1.165, 1.54) is 6.92 Å². The van der Waals surface area contributed by atoms with Gasteiger partial charge in [0, 0.05) is 0 Å². The molecule has 0 rings (SSSR count). The van der Waals surface area contributed by atoms with Crippen molar-refractivity contribution in [2.24, 2.45) is 0 Å². The predicted molar refractivity (Wildman–Crippen MR) is 63.6 cm³/mol. The van der Waals surface area contributed by atoms with Crippen molar-refractivity contribution in [3.63, 3.8) is 0 Å². The van der Waals surface area contributed by atoms with E-state index in [4.69, 9.17) is 0 Å². The van der Waals surface area contributed by atoms with E-state index in [9.17, 15) is 26.3 Å². The van der Waals surface area contributed by atoms with Gasteiger partial charge in [0.05, 0.1) is 6.61 Å². The van der Waals surface area contributed by atoms with Gasteiger partial charge in [-0.25, -0.2) is 8.78 Å². The van der Waals surface area contributed by atoms with E-state index in [-0.39, 0.29) is 6.42 Å². The van der Waals surface area contributed by atoms with Gasteiger partial charge in [-0.15, -0.1) is 0 Å². The molecule has 104 valence electrons. The molecule has 0 radical (unpaired) electrons. The maximum Gasteiger partial charge on any atom is 0.425 e. The zero-order valence-corrected chi connectivity index (χ0v) is 14.0. The Balaban J connectivity index is 5.24. The first-order chi connectivity index (χ1) is 7.31. The molecule has 0 atom stereocenters. The van der Waals surface area contributed by atoms with Crippen LogP contribution in [0.2, 0.25) is 0 Å². The minimum absolute atomic E-state index is 0.00322. The van der Waals surface area contributed by atoms with Crippen molar-refractivity contribution in [1.29, 1.82) is 0 Å². The van der Waals surface area contributed by atoms with Crippen LogP contribution in [0, 0.1) is 0 Å². The standard InChI is InChI=1S/C6H7Br3F6OSi/c1-2-3-16-5(12,13)4(10,11)6(14,15)17(7,8)9/h2-3H2,1H3. The molecule has 0 fully saturated rings. The first kappa shape index (κ1) is 18.2. The number of halogens is 9. The molecule has 0 N–H and O–H groups in total. The molecule has 0 amide bonds. The van der Waals surface area contributed by atoms with Gasteiger partial charge >= 0.3 is 21.5 Å². The number of hydrogen-bond acceptors (Lipinski definition) is 1. The molecule has 0 saturated heterocycles. The van der Waals surface area contributed by atoms with Gasteiger partial charge < -0.3 is 4.74 Å². The molecule has 0 aliphatic heterocycles. The van der Waals surface area contributed by atoms with E-state index in [1.54, 1.807) is 0 Å². The zero-order chi connectivity index (χ0) is 14.1. The lowest BCUT2D eigenvalue weighted by atomic mass is 10.3. The molecule has 0 unspecified atom stereocenters. The fourth-order valence-corrected chi connectivity index (χ4v) is 3.42. The van der Waals surface area contributed by atoms with Gasteiger partial charge in [-0.05, 0) is 6.42 Å². The molecule has 1 nitrogen and oxygen atoms in total. The summed E-state index contributed by atoms with van der Waals surface area (Å²) < 4.78 is 77.7. The SMILES string of the molecule is CCCOC(F)(F)C(F)(F)C(F)(F)[Si](Br)(Br)Br. The lowest BCUT2D eigenvalue weighted by Gasteiger charge is -2.35. The molecular weight excluding hydrogens is 470 g/mol. The number of hydrogen-bond donors (Lipinski definition) is 0. The smallest absolute Gasteiger partial charge is 0.316 e. The molecule has 0 bridgehead atoms. The maximum absolute atomic E-state index is 13.2. The van der Waals surface area contributed by atoms with Crippen LogP contribution in [0.3, 0.4) is 0 Å². The molecule has 11 heteroatoms. The lowest BCUT2D eigenvalue weighted by molar-refractivity contribution is -0.383. The Morgan fingerprint density at radius 1 is 1.00 bits per heavy atom. The first-order valence-corrected chi connectivity index (χ1v) is 12.9. The second-order valence-electron chi connectivity index (χ2n) is 3.01. The van der Waals surface area contributed by atoms with Crippen LogP contribution in [0.1, 0.15) is 13.3 Å². The fraction of sp³-hybridized carbons (Fsp3) is 1.00. The van der Waals surface area contributed by atoms with Crippen LogP contribution in [0.4, 0.5) is 26.3 Å². The Bertz CT molecular complexity index is 269. The van der Waals surface area contributed by atoms with E-state index in [2.05, 4.69) is 50.6 Å². The molecule has 17 heavy (non-hydrogen) atoms. The van der Waals surface area contributed by atoms with E-state index >= 15 is 0 Å². The van der Waals surface area contributed by atoms with Crippen LogP contribution in [0.25, 0.3) is 0 Å². The third-order valence-electron chi connectivity index (χ3n) is 1.60. The van der Waals surface area contributed by atoms with Crippen molar-refractivity contribution in [2.75, 3.05) is 6.61 Å². The Kier molecular flexibility index (Phi) is 6.07. The monoisotopic (exact) mass is 474 g/mol. The minimum atomic E-state index is -5.64. The molecule has 0 heterocycles. The normalized spacial score (nSPS) is 15.2. The third kappa shape index (κ3) is 3.60. The van der Waals surface area contributed by atoms with E-state index in [0.717, 1.165) is 0 Å². The van der Waals surface area contributed by atoms with E-state index in [1.807, 2.05) is 0 Å². The number of alkyl halides is 6. The van der Waals surface area contributed by atoms with Crippen LogP contribution < -0.4 is 0 Å². The highest BCUT2D eigenvalue weighted by molar-refractivity contribution is 9.72. The van der Waals surface area contributed by atoms with Crippen LogP contribution in [-0.4, -0.2) is 28.1 Å². The van der Waals surface area contributed by atoms with Crippen molar-refractivity contribution in [3.05, 3.63) is 0 Å². The van der Waals surface area contributed by atoms with Gasteiger partial charge in [-0.1, -0.05) is 52.8 Å². The van der Waals surface area contributed by atoms with Crippen molar-refractivity contribution >= 4 is 49.8 Å². The Hall–Kier alpha value is 1.20. The summed E-state index contributed by atoms with van der Waals surface area (Å²) in [6.07, 6.45) is -5.25. The second kappa shape index (κ2) is 5.67. The Morgan fingerprint density at radius 3 is 1.71 bits per heavy atom. The summed E-state index contributed by atoms with van der Waals surface area (Å²) in [5, 5.41) is 0. The van der Waals surface area contributed by atoms with Crippen LogP contribution in [0.5, 0.6) is 0 Å². The van der Waals surface area contributed by atoms with Crippen LogP contribution >= 0.6 is 45.9 Å². The molecular formula is C6H7Br3F6OSi. The molecule has 0 aromatic heterocycles. The highest BCUT2D eigenvalue weighted by Gasteiger charge is 2.79. The average molecular weight is 477 g/mol. The summed E-state index contributed by atoms with van der Waals surface area (Å²) in [5.41, 5.74) is -5.00. The third-order valence-corrected chi connectivity index (χ3v) is 7.11. The summed E-state index contributed by atoms with van der Waals surface area (Å²) in [5.74, 6) is -5.64. The molecule has 0 aliphatic rings. The van der Waals surface area contributed by atoms with Crippen molar-refractivity contribution in [1.82, 2.24) is 0 Å². The maximum atomic E-state index is 13.2. The van der Waals surface area contributed by atoms with Crippen molar-refractivity contribution in [3.8, 4) is 0 Å². The quantitative estimate of drug-likeness (QED) is 0.300. The minimum Gasteiger partial charge on any atom is -0.316 e. The molecule has 0 aromatic carbocycles. The van der Waals surface area contributed by atoms with Gasteiger partial charge in [-0.2, -0.15) is 17.6 Å². The van der Waals surface area contributed by atoms with Gasteiger partial charge in [0.1, 0.15) is 0 Å². The number of ether oxygens (including phenoxy) is 1. The van der Waals surface area contributed by atoms with Gasteiger partial charge in [0.15, 0.2) is 0 Å². The van der Waals surface area contributed by atoms with Crippen LogP contribution in [0.15, 0.2) is 0 Å². The summed E-state index contributed by atoms with van der Waals surface area (Å²) in [7, 11) is 0.